The Labute approximate surface area is 104 Å². The Balaban J connectivity index is 1.87. The number of carbonyl (C=O) groups is 1. The molecule has 0 saturated heterocycles. The van der Waals surface area contributed by atoms with E-state index in [0.717, 1.165) is 5.82 Å². The molecular formula is C12H13N3O3. The van der Waals surface area contributed by atoms with Crippen molar-refractivity contribution in [3.8, 4) is 5.75 Å². The van der Waals surface area contributed by atoms with Crippen LogP contribution in [0.3, 0.4) is 0 Å². The molecule has 0 aliphatic rings. The summed E-state index contributed by atoms with van der Waals surface area (Å²) >= 11 is 0. The molecule has 6 heteroatoms. The van der Waals surface area contributed by atoms with E-state index in [4.69, 9.17) is 9.84 Å². The Morgan fingerprint density at radius 3 is 2.83 bits per heavy atom. The van der Waals surface area contributed by atoms with Crippen LogP contribution in [0.1, 0.15) is 16.3 Å². The minimum Gasteiger partial charge on any atom is -0.490 e. The van der Waals surface area contributed by atoms with Gasteiger partial charge in [-0.25, -0.2) is 14.8 Å². The smallest absolute Gasteiger partial charge is 0.354 e. The van der Waals surface area contributed by atoms with Crippen molar-refractivity contribution in [2.75, 3.05) is 6.61 Å². The molecule has 2 heterocycles. The number of aromatic carboxylic acids is 1. The van der Waals surface area contributed by atoms with E-state index in [1.54, 1.807) is 12.3 Å². The number of ether oxygens (including phenoxy) is 1. The number of rotatable bonds is 5. The quantitative estimate of drug-likeness (QED) is 0.863. The predicted octanol–water partition coefficient (Wildman–Crippen LogP) is 1.36. The van der Waals surface area contributed by atoms with Crippen LogP contribution in [0.4, 0.5) is 0 Å². The third-order valence-corrected chi connectivity index (χ3v) is 2.48. The summed E-state index contributed by atoms with van der Waals surface area (Å²) in [5, 5.41) is 8.69. The number of nitrogens with zero attached hydrogens (tertiary/aromatic N) is 3. The van der Waals surface area contributed by atoms with Crippen molar-refractivity contribution in [1.82, 2.24) is 14.5 Å². The first-order valence-corrected chi connectivity index (χ1v) is 5.46. The lowest BCUT2D eigenvalue weighted by Crippen LogP contribution is -2.09. The van der Waals surface area contributed by atoms with Crippen LogP contribution in [0.25, 0.3) is 0 Å². The van der Waals surface area contributed by atoms with Gasteiger partial charge in [0.1, 0.15) is 23.9 Å². The van der Waals surface area contributed by atoms with Crippen molar-refractivity contribution >= 4 is 5.97 Å². The first-order chi connectivity index (χ1) is 8.66. The average molecular weight is 247 g/mol. The Kier molecular flexibility index (Phi) is 3.57. The topological polar surface area (TPSA) is 77.2 Å². The largest absolute Gasteiger partial charge is 0.490 e. The van der Waals surface area contributed by atoms with Crippen molar-refractivity contribution in [3.63, 3.8) is 0 Å². The number of pyridine rings is 1. The van der Waals surface area contributed by atoms with Gasteiger partial charge in [-0.05, 0) is 19.1 Å². The van der Waals surface area contributed by atoms with Crippen LogP contribution in [0.15, 0.2) is 30.7 Å². The highest BCUT2D eigenvalue weighted by Gasteiger charge is 2.04. The Hall–Kier alpha value is -2.37. The molecular weight excluding hydrogens is 234 g/mol. The minimum atomic E-state index is -1.05. The van der Waals surface area contributed by atoms with Crippen LogP contribution < -0.4 is 4.74 Å². The van der Waals surface area contributed by atoms with Crippen LogP contribution in [0.5, 0.6) is 5.75 Å². The number of hydrogen-bond donors (Lipinski definition) is 1. The van der Waals surface area contributed by atoms with E-state index in [2.05, 4.69) is 9.97 Å². The molecule has 0 radical (unpaired) electrons. The third-order valence-electron chi connectivity index (χ3n) is 2.48. The first kappa shape index (κ1) is 12.1. The molecule has 94 valence electrons. The van der Waals surface area contributed by atoms with E-state index in [-0.39, 0.29) is 5.69 Å². The summed E-state index contributed by atoms with van der Waals surface area (Å²) in [5.41, 5.74) is 0.00723. The zero-order chi connectivity index (χ0) is 13.0. The van der Waals surface area contributed by atoms with Gasteiger partial charge < -0.3 is 14.4 Å². The summed E-state index contributed by atoms with van der Waals surface area (Å²) in [6, 6.07) is 3.01. The van der Waals surface area contributed by atoms with Crippen molar-refractivity contribution < 1.29 is 14.6 Å². The molecule has 0 aromatic carbocycles. The zero-order valence-electron chi connectivity index (χ0n) is 9.91. The summed E-state index contributed by atoms with van der Waals surface area (Å²) in [7, 11) is 0. The van der Waals surface area contributed by atoms with E-state index < -0.39 is 5.97 Å². The van der Waals surface area contributed by atoms with Crippen LogP contribution in [0.2, 0.25) is 0 Å². The van der Waals surface area contributed by atoms with Crippen molar-refractivity contribution in [2.24, 2.45) is 0 Å². The molecule has 0 aliphatic carbocycles. The van der Waals surface area contributed by atoms with E-state index in [1.807, 2.05) is 17.7 Å². The molecule has 18 heavy (non-hydrogen) atoms. The van der Waals surface area contributed by atoms with E-state index in [9.17, 15) is 4.79 Å². The Bertz CT molecular complexity index is 534. The highest BCUT2D eigenvalue weighted by molar-refractivity contribution is 5.85. The molecule has 0 fully saturated rings. The molecule has 2 rings (SSSR count). The van der Waals surface area contributed by atoms with Gasteiger partial charge >= 0.3 is 5.97 Å². The standard InChI is InChI=1S/C12H13N3O3/c1-9-13-4-5-15(9)6-7-18-10-2-3-11(12(16)17)14-8-10/h2-5,8H,6-7H2,1H3,(H,16,17). The lowest BCUT2D eigenvalue weighted by Gasteiger charge is -2.07. The van der Waals surface area contributed by atoms with Gasteiger partial charge in [0.15, 0.2) is 0 Å². The van der Waals surface area contributed by atoms with Crippen LogP contribution in [-0.2, 0) is 6.54 Å². The SMILES string of the molecule is Cc1nccn1CCOc1ccc(C(=O)O)nc1. The Morgan fingerprint density at radius 1 is 1.44 bits per heavy atom. The van der Waals surface area contributed by atoms with Gasteiger partial charge in [0, 0.05) is 12.4 Å². The van der Waals surface area contributed by atoms with Gasteiger partial charge in [-0.2, -0.15) is 0 Å². The molecule has 0 unspecified atom stereocenters. The van der Waals surface area contributed by atoms with Gasteiger partial charge in [0.25, 0.3) is 0 Å². The van der Waals surface area contributed by atoms with Crippen molar-refractivity contribution in [3.05, 3.63) is 42.2 Å². The maximum Gasteiger partial charge on any atom is 0.354 e. The predicted molar refractivity (Wildman–Crippen MR) is 63.7 cm³/mol. The number of carboxylic acids is 1. The monoisotopic (exact) mass is 247 g/mol. The molecule has 2 aromatic rings. The van der Waals surface area contributed by atoms with E-state index in [1.165, 1.54) is 12.3 Å². The number of aryl methyl sites for hydroxylation is 1. The molecule has 0 amide bonds. The maximum absolute atomic E-state index is 10.6. The molecule has 1 N–H and O–H groups in total. The minimum absolute atomic E-state index is 0.00723. The van der Waals surface area contributed by atoms with Gasteiger partial charge in [-0.3, -0.25) is 0 Å². The fourth-order valence-electron chi connectivity index (χ4n) is 1.49. The summed E-state index contributed by atoms with van der Waals surface area (Å²) in [6.45, 7) is 3.08. The molecule has 0 aliphatic heterocycles. The molecule has 2 aromatic heterocycles. The summed E-state index contributed by atoms with van der Waals surface area (Å²) in [6.07, 6.45) is 5.02. The fourth-order valence-corrected chi connectivity index (χ4v) is 1.49. The zero-order valence-corrected chi connectivity index (χ0v) is 9.91. The maximum atomic E-state index is 10.6. The van der Waals surface area contributed by atoms with Gasteiger partial charge in [0.2, 0.25) is 0 Å². The fraction of sp³-hybridized carbons (Fsp3) is 0.250. The van der Waals surface area contributed by atoms with Gasteiger partial charge in [-0.15, -0.1) is 0 Å². The number of carboxylic acid groups (broad SMARTS) is 1. The highest BCUT2D eigenvalue weighted by Crippen LogP contribution is 2.09. The molecule has 0 spiro atoms. The van der Waals surface area contributed by atoms with Gasteiger partial charge in [-0.1, -0.05) is 0 Å². The van der Waals surface area contributed by atoms with Crippen LogP contribution in [-0.4, -0.2) is 32.2 Å². The lowest BCUT2D eigenvalue weighted by atomic mass is 10.3. The second kappa shape index (κ2) is 5.31. The number of imidazole rings is 1. The van der Waals surface area contributed by atoms with E-state index >= 15 is 0 Å². The normalized spacial score (nSPS) is 10.3. The Morgan fingerprint density at radius 2 is 2.28 bits per heavy atom. The molecule has 0 atom stereocenters. The van der Waals surface area contributed by atoms with Gasteiger partial charge in [0.05, 0.1) is 12.7 Å². The van der Waals surface area contributed by atoms with Crippen LogP contribution in [0, 0.1) is 6.92 Å². The molecule has 0 bridgehead atoms. The van der Waals surface area contributed by atoms with Crippen molar-refractivity contribution in [1.29, 1.82) is 0 Å². The molecule has 6 nitrogen and oxygen atoms in total. The average Bonchev–Trinajstić information content (AvgIpc) is 2.76. The second-order valence-corrected chi connectivity index (χ2v) is 3.70. The number of hydrogen-bond acceptors (Lipinski definition) is 4. The highest BCUT2D eigenvalue weighted by atomic mass is 16.5. The van der Waals surface area contributed by atoms with E-state index in [0.29, 0.717) is 18.9 Å². The number of aromatic nitrogens is 3. The van der Waals surface area contributed by atoms with Crippen LogP contribution >= 0.6 is 0 Å². The summed E-state index contributed by atoms with van der Waals surface area (Å²) in [4.78, 5) is 18.5. The molecule has 0 saturated carbocycles. The van der Waals surface area contributed by atoms with Crippen molar-refractivity contribution in [2.45, 2.75) is 13.5 Å². The lowest BCUT2D eigenvalue weighted by molar-refractivity contribution is 0.0690. The first-order valence-electron chi connectivity index (χ1n) is 5.46. The second-order valence-electron chi connectivity index (χ2n) is 3.70. The summed E-state index contributed by atoms with van der Waals surface area (Å²) in [5.74, 6) is 0.436. The summed E-state index contributed by atoms with van der Waals surface area (Å²) < 4.78 is 7.44. The third kappa shape index (κ3) is 2.85.